The van der Waals surface area contributed by atoms with Gasteiger partial charge in [-0.15, -0.1) is 0 Å². The first-order chi connectivity index (χ1) is 6.15. The van der Waals surface area contributed by atoms with E-state index in [0.29, 0.717) is 5.56 Å². The van der Waals surface area contributed by atoms with Gasteiger partial charge in [0.05, 0.1) is 5.57 Å². The van der Waals surface area contributed by atoms with Crippen LogP contribution in [0.3, 0.4) is 0 Å². The lowest BCUT2D eigenvalue weighted by atomic mass is 10.1. The third kappa shape index (κ3) is 2.23. The summed E-state index contributed by atoms with van der Waals surface area (Å²) in [4.78, 5) is 10.6. The third-order valence-corrected chi connectivity index (χ3v) is 1.74. The molecule has 0 aliphatic heterocycles. The number of benzene rings is 1. The van der Waals surface area contributed by atoms with Crippen molar-refractivity contribution in [3.63, 3.8) is 0 Å². The first kappa shape index (κ1) is 9.61. The lowest BCUT2D eigenvalue weighted by Gasteiger charge is -2.00. The van der Waals surface area contributed by atoms with Gasteiger partial charge in [-0.2, -0.15) is 0 Å². The number of phenols is 1. The van der Waals surface area contributed by atoms with Gasteiger partial charge in [0.1, 0.15) is 5.75 Å². The van der Waals surface area contributed by atoms with E-state index in [1.807, 2.05) is 0 Å². The van der Waals surface area contributed by atoms with Gasteiger partial charge >= 0.3 is 5.97 Å². The van der Waals surface area contributed by atoms with E-state index in [9.17, 15) is 4.79 Å². The highest BCUT2D eigenvalue weighted by atomic mass is 35.5. The number of halogens is 1. The summed E-state index contributed by atoms with van der Waals surface area (Å²) in [7, 11) is 0. The predicted molar refractivity (Wildman–Crippen MR) is 49.6 cm³/mol. The Morgan fingerprint density at radius 2 is 1.85 bits per heavy atom. The number of aromatic hydroxyl groups is 1. The van der Waals surface area contributed by atoms with Crippen LogP contribution < -0.4 is 0 Å². The van der Waals surface area contributed by atoms with E-state index in [1.54, 1.807) is 0 Å². The fraction of sp³-hybridized carbons (Fsp3) is 0. The van der Waals surface area contributed by atoms with Crippen molar-refractivity contribution < 1.29 is 15.0 Å². The summed E-state index contributed by atoms with van der Waals surface area (Å²) < 4.78 is 0. The minimum atomic E-state index is -1.10. The summed E-state index contributed by atoms with van der Waals surface area (Å²) in [5.41, 5.74) is 1.45. The number of carboxylic acid groups (broad SMARTS) is 1. The van der Waals surface area contributed by atoms with E-state index in [4.69, 9.17) is 21.8 Å². The number of hydrogen-bond donors (Lipinski definition) is 2. The quantitative estimate of drug-likeness (QED) is 0.716. The molecule has 0 heterocycles. The number of carboxylic acids is 1. The molecule has 0 amide bonds. The maximum Gasteiger partial charge on any atom is 0.337 e. The van der Waals surface area contributed by atoms with Gasteiger partial charge in [-0.25, -0.2) is 4.79 Å². The van der Waals surface area contributed by atoms with Crippen LogP contribution in [0.4, 0.5) is 0 Å². The zero-order valence-corrected chi connectivity index (χ0v) is 7.32. The van der Waals surface area contributed by atoms with Crippen molar-refractivity contribution in [2.24, 2.45) is 0 Å². The van der Waals surface area contributed by atoms with Crippen LogP contribution in [-0.4, -0.2) is 16.2 Å². The number of aliphatic carboxylic acids is 1. The second kappa shape index (κ2) is 3.96. The standard InChI is InChI=1S/C9H7ClO3/c10-5-8(9(12)13)6-1-3-7(11)4-2-6/h1-5,11H,(H,12,13). The highest BCUT2D eigenvalue weighted by Crippen LogP contribution is 2.18. The zero-order chi connectivity index (χ0) is 9.84. The Morgan fingerprint density at radius 3 is 2.23 bits per heavy atom. The van der Waals surface area contributed by atoms with Crippen molar-refractivity contribution in [3.05, 3.63) is 35.4 Å². The topological polar surface area (TPSA) is 57.5 Å². The monoisotopic (exact) mass is 198 g/mol. The molecule has 0 aliphatic rings. The highest BCUT2D eigenvalue weighted by molar-refractivity contribution is 6.34. The van der Waals surface area contributed by atoms with E-state index < -0.39 is 5.97 Å². The minimum absolute atomic E-state index is 0.00154. The molecule has 1 aromatic rings. The van der Waals surface area contributed by atoms with Gasteiger partial charge in [0, 0.05) is 5.54 Å². The van der Waals surface area contributed by atoms with Crippen LogP contribution in [0.1, 0.15) is 5.56 Å². The van der Waals surface area contributed by atoms with Crippen molar-refractivity contribution >= 4 is 23.1 Å². The Labute approximate surface area is 79.9 Å². The Balaban J connectivity index is 3.07. The molecule has 0 unspecified atom stereocenters. The predicted octanol–water partition coefficient (Wildman–Crippen LogP) is 2.06. The van der Waals surface area contributed by atoms with Gasteiger partial charge in [-0.3, -0.25) is 0 Å². The Hall–Kier alpha value is -1.48. The molecular formula is C9H7ClO3. The van der Waals surface area contributed by atoms with Gasteiger partial charge in [-0.05, 0) is 17.7 Å². The van der Waals surface area contributed by atoms with Crippen LogP contribution in [0, 0.1) is 0 Å². The second-order valence-electron chi connectivity index (χ2n) is 2.37. The van der Waals surface area contributed by atoms with Crippen molar-refractivity contribution in [3.8, 4) is 5.75 Å². The van der Waals surface area contributed by atoms with E-state index in [1.165, 1.54) is 24.3 Å². The summed E-state index contributed by atoms with van der Waals surface area (Å²) in [6.45, 7) is 0. The van der Waals surface area contributed by atoms with E-state index >= 15 is 0 Å². The van der Waals surface area contributed by atoms with Crippen LogP contribution in [0.25, 0.3) is 5.57 Å². The molecule has 0 aromatic heterocycles. The van der Waals surface area contributed by atoms with Crippen LogP contribution in [0.5, 0.6) is 5.75 Å². The van der Waals surface area contributed by atoms with Crippen molar-refractivity contribution in [1.82, 2.24) is 0 Å². The highest BCUT2D eigenvalue weighted by Gasteiger charge is 2.08. The molecule has 0 aliphatic carbocycles. The molecule has 0 saturated heterocycles. The zero-order valence-electron chi connectivity index (χ0n) is 6.57. The molecule has 13 heavy (non-hydrogen) atoms. The number of phenolic OH excluding ortho intramolecular Hbond substituents is 1. The normalized spacial score (nSPS) is 11.3. The molecule has 2 N–H and O–H groups in total. The van der Waals surface area contributed by atoms with E-state index in [-0.39, 0.29) is 11.3 Å². The molecule has 1 rings (SSSR count). The molecule has 0 spiro atoms. The molecule has 0 fully saturated rings. The van der Waals surface area contributed by atoms with Crippen molar-refractivity contribution in [2.45, 2.75) is 0 Å². The molecule has 0 saturated carbocycles. The van der Waals surface area contributed by atoms with Crippen LogP contribution >= 0.6 is 11.6 Å². The summed E-state index contributed by atoms with van der Waals surface area (Å²) in [6.07, 6.45) is 0. The molecule has 4 heteroatoms. The molecule has 68 valence electrons. The first-order valence-electron chi connectivity index (χ1n) is 3.48. The molecule has 3 nitrogen and oxygen atoms in total. The molecule has 0 bridgehead atoms. The van der Waals surface area contributed by atoms with Gasteiger partial charge in [0.25, 0.3) is 0 Å². The SMILES string of the molecule is O=C(O)C(=CCl)c1ccc(O)cc1. The average molecular weight is 199 g/mol. The largest absolute Gasteiger partial charge is 0.508 e. The maximum absolute atomic E-state index is 10.6. The van der Waals surface area contributed by atoms with Gasteiger partial charge in [0.2, 0.25) is 0 Å². The number of hydrogen-bond acceptors (Lipinski definition) is 2. The first-order valence-corrected chi connectivity index (χ1v) is 3.92. The summed E-state index contributed by atoms with van der Waals surface area (Å²) in [6, 6.07) is 5.77. The van der Waals surface area contributed by atoms with Crippen LogP contribution in [0.15, 0.2) is 29.8 Å². The van der Waals surface area contributed by atoms with Crippen LogP contribution in [-0.2, 0) is 4.79 Å². The van der Waals surface area contributed by atoms with Crippen molar-refractivity contribution in [2.75, 3.05) is 0 Å². The molecule has 0 atom stereocenters. The van der Waals surface area contributed by atoms with Crippen molar-refractivity contribution in [1.29, 1.82) is 0 Å². The smallest absolute Gasteiger partial charge is 0.337 e. The van der Waals surface area contributed by atoms with Gasteiger partial charge in [0.15, 0.2) is 0 Å². The van der Waals surface area contributed by atoms with Gasteiger partial charge < -0.3 is 10.2 Å². The Bertz CT molecular complexity index is 340. The summed E-state index contributed by atoms with van der Waals surface area (Å²) in [5, 5.41) is 17.6. The Morgan fingerprint density at radius 1 is 1.31 bits per heavy atom. The van der Waals surface area contributed by atoms with Crippen LogP contribution in [0.2, 0.25) is 0 Å². The van der Waals surface area contributed by atoms with E-state index in [0.717, 1.165) is 5.54 Å². The fourth-order valence-corrected chi connectivity index (χ4v) is 1.09. The third-order valence-electron chi connectivity index (χ3n) is 1.52. The minimum Gasteiger partial charge on any atom is -0.508 e. The summed E-state index contributed by atoms with van der Waals surface area (Å²) >= 11 is 5.33. The number of rotatable bonds is 2. The second-order valence-corrected chi connectivity index (χ2v) is 2.59. The summed E-state index contributed by atoms with van der Waals surface area (Å²) in [5.74, 6) is -1.01. The Kier molecular flexibility index (Phi) is 2.93. The fourth-order valence-electron chi connectivity index (χ4n) is 0.874. The number of carbonyl (C=O) groups is 1. The molecule has 0 radical (unpaired) electrons. The maximum atomic E-state index is 10.6. The molecular weight excluding hydrogens is 192 g/mol. The van der Waals surface area contributed by atoms with Gasteiger partial charge in [-0.1, -0.05) is 23.7 Å². The molecule has 1 aromatic carbocycles. The van der Waals surface area contributed by atoms with E-state index in [2.05, 4.69) is 0 Å². The lowest BCUT2D eigenvalue weighted by Crippen LogP contribution is -1.98. The lowest BCUT2D eigenvalue weighted by molar-refractivity contribution is -0.130. The average Bonchev–Trinajstić information content (AvgIpc) is 2.09.